The van der Waals surface area contributed by atoms with Gasteiger partial charge < -0.3 is 4.42 Å². The first kappa shape index (κ1) is 21.1. The molecule has 30 heavy (non-hydrogen) atoms. The number of benzene rings is 2. The largest absolute Gasteiger partial charge is 0.420 e. The summed E-state index contributed by atoms with van der Waals surface area (Å²) in [6, 6.07) is 14.9. The summed E-state index contributed by atoms with van der Waals surface area (Å²) in [6.45, 7) is 0. The van der Waals surface area contributed by atoms with E-state index in [1.54, 1.807) is 6.07 Å². The lowest BCUT2D eigenvalue weighted by molar-refractivity contribution is -0.117. The molecule has 3 aromatic rings. The van der Waals surface area contributed by atoms with Crippen LogP contribution in [-0.4, -0.2) is 24.4 Å². The minimum atomic E-state index is -4.54. The monoisotopic (exact) mass is 540 g/mol. The molecule has 2 atom stereocenters. The summed E-state index contributed by atoms with van der Waals surface area (Å²) in [5.74, 6) is -1.77. The van der Waals surface area contributed by atoms with E-state index in [2.05, 4.69) is 32.8 Å². The van der Waals surface area contributed by atoms with E-state index in [1.807, 2.05) is 24.3 Å². The van der Waals surface area contributed by atoms with Crippen molar-refractivity contribution in [3.05, 3.63) is 75.5 Å². The highest BCUT2D eigenvalue weighted by Gasteiger charge is 2.59. The fourth-order valence-electron chi connectivity index (χ4n) is 3.65. The SMILES string of the molecule is O=C1CCC(C(F)(c2nnc(Cc3ccc(I)cc3)o2)S(=O)(=O)c2ccccc2)C1. The van der Waals surface area contributed by atoms with Crippen molar-refractivity contribution < 1.29 is 22.0 Å². The molecule has 6 nitrogen and oxygen atoms in total. The lowest BCUT2D eigenvalue weighted by atomic mass is 10.0. The van der Waals surface area contributed by atoms with Gasteiger partial charge in [0, 0.05) is 22.3 Å². The maximum absolute atomic E-state index is 16.5. The van der Waals surface area contributed by atoms with Gasteiger partial charge in [0.15, 0.2) is 0 Å². The van der Waals surface area contributed by atoms with Crippen molar-refractivity contribution in [2.75, 3.05) is 0 Å². The molecular formula is C21H18FIN2O4S. The van der Waals surface area contributed by atoms with Crippen molar-refractivity contribution in [3.8, 4) is 0 Å². The molecule has 9 heteroatoms. The molecule has 1 aliphatic rings. The molecule has 1 aliphatic carbocycles. The Bertz CT molecular complexity index is 1170. The Morgan fingerprint density at radius 2 is 1.80 bits per heavy atom. The number of rotatable bonds is 6. The zero-order valence-electron chi connectivity index (χ0n) is 15.8. The molecule has 0 saturated heterocycles. The molecule has 1 saturated carbocycles. The maximum atomic E-state index is 16.5. The van der Waals surface area contributed by atoms with Crippen LogP contribution in [0.4, 0.5) is 4.39 Å². The summed E-state index contributed by atoms with van der Waals surface area (Å²) in [7, 11) is -4.54. The van der Waals surface area contributed by atoms with E-state index in [4.69, 9.17) is 4.42 Å². The molecule has 1 fully saturated rings. The fourth-order valence-corrected chi connectivity index (χ4v) is 5.82. The fraction of sp³-hybridized carbons (Fsp3) is 0.286. The second-order valence-corrected chi connectivity index (χ2v) is 10.6. The molecule has 0 bridgehead atoms. The van der Waals surface area contributed by atoms with Crippen LogP contribution in [0.1, 0.15) is 36.6 Å². The Kier molecular flexibility index (Phi) is 5.75. The molecule has 0 N–H and O–H groups in total. The van der Waals surface area contributed by atoms with E-state index in [9.17, 15) is 13.2 Å². The number of nitrogens with zero attached hydrogens (tertiary/aromatic N) is 2. The first-order valence-corrected chi connectivity index (χ1v) is 11.9. The van der Waals surface area contributed by atoms with E-state index >= 15 is 4.39 Å². The predicted octanol–water partition coefficient (Wildman–Crippen LogP) is 4.23. The van der Waals surface area contributed by atoms with Crippen molar-refractivity contribution in [2.24, 2.45) is 5.92 Å². The second kappa shape index (κ2) is 8.18. The van der Waals surface area contributed by atoms with Crippen LogP contribution in [0.5, 0.6) is 0 Å². The molecular weight excluding hydrogens is 522 g/mol. The number of carbonyl (C=O) groups excluding carboxylic acids is 1. The summed E-state index contributed by atoms with van der Waals surface area (Å²) in [5.41, 5.74) is 0.872. The number of ketones is 1. The lowest BCUT2D eigenvalue weighted by Gasteiger charge is -2.27. The van der Waals surface area contributed by atoms with E-state index in [0.29, 0.717) is 0 Å². The number of aromatic nitrogens is 2. The van der Waals surface area contributed by atoms with Crippen molar-refractivity contribution in [1.29, 1.82) is 0 Å². The third-order valence-electron chi connectivity index (χ3n) is 5.24. The minimum absolute atomic E-state index is 0.107. The number of alkyl halides is 1. The van der Waals surface area contributed by atoms with E-state index in [0.717, 1.165) is 9.13 Å². The maximum Gasteiger partial charge on any atom is 0.294 e. The summed E-state index contributed by atoms with van der Waals surface area (Å²) in [5, 5.41) is 4.70. The molecule has 4 rings (SSSR count). The average molecular weight is 540 g/mol. The highest BCUT2D eigenvalue weighted by Crippen LogP contribution is 2.48. The third-order valence-corrected chi connectivity index (χ3v) is 8.14. The molecule has 0 spiro atoms. The minimum Gasteiger partial charge on any atom is -0.420 e. The summed E-state index contributed by atoms with van der Waals surface area (Å²) in [4.78, 5) is 11.6. The molecule has 1 aromatic heterocycles. The molecule has 2 unspecified atom stereocenters. The zero-order chi connectivity index (χ0) is 21.4. The number of hydrogen-bond acceptors (Lipinski definition) is 6. The normalized spacial score (nSPS) is 19.0. The third kappa shape index (κ3) is 3.80. The second-order valence-electron chi connectivity index (χ2n) is 7.24. The van der Waals surface area contributed by atoms with Crippen LogP contribution in [0.25, 0.3) is 0 Å². The van der Waals surface area contributed by atoms with Crippen LogP contribution in [0.15, 0.2) is 63.9 Å². The van der Waals surface area contributed by atoms with Crippen molar-refractivity contribution >= 4 is 38.2 Å². The highest BCUT2D eigenvalue weighted by molar-refractivity contribution is 14.1. The van der Waals surface area contributed by atoms with Crippen molar-refractivity contribution in [3.63, 3.8) is 0 Å². The Morgan fingerprint density at radius 1 is 1.10 bits per heavy atom. The van der Waals surface area contributed by atoms with Crippen LogP contribution >= 0.6 is 22.6 Å². The van der Waals surface area contributed by atoms with Gasteiger partial charge in [-0.2, -0.15) is 0 Å². The summed E-state index contributed by atoms with van der Waals surface area (Å²) >= 11 is 2.18. The quantitative estimate of drug-likeness (QED) is 0.435. The van der Waals surface area contributed by atoms with E-state index in [1.165, 1.54) is 24.3 Å². The van der Waals surface area contributed by atoms with Gasteiger partial charge in [0.2, 0.25) is 15.7 Å². The van der Waals surface area contributed by atoms with Gasteiger partial charge in [0.25, 0.3) is 10.9 Å². The Labute approximate surface area is 187 Å². The van der Waals surface area contributed by atoms with Crippen LogP contribution in [0, 0.1) is 9.49 Å². The molecule has 2 aromatic carbocycles. The predicted molar refractivity (Wildman–Crippen MR) is 115 cm³/mol. The Balaban J connectivity index is 1.75. The molecule has 0 amide bonds. The van der Waals surface area contributed by atoms with Crippen LogP contribution in [0.3, 0.4) is 0 Å². The number of hydrogen-bond donors (Lipinski definition) is 0. The Morgan fingerprint density at radius 3 is 2.43 bits per heavy atom. The lowest BCUT2D eigenvalue weighted by Crippen LogP contribution is -2.38. The standard InChI is InChI=1S/C21H18FIN2O4S/c22-21(15-8-11-17(26)13-15,30(27,28)18-4-2-1-3-5-18)20-25-24-19(29-20)12-14-6-9-16(23)10-7-14/h1-7,9-10,15H,8,11-13H2. The van der Waals surface area contributed by atoms with Crippen LogP contribution in [0.2, 0.25) is 0 Å². The van der Waals surface area contributed by atoms with Gasteiger partial charge in [-0.25, -0.2) is 12.8 Å². The Hall–Kier alpha value is -2.14. The van der Waals surface area contributed by atoms with Crippen molar-refractivity contribution in [2.45, 2.75) is 35.6 Å². The van der Waals surface area contributed by atoms with Gasteiger partial charge in [-0.15, -0.1) is 10.2 Å². The highest BCUT2D eigenvalue weighted by atomic mass is 127. The van der Waals surface area contributed by atoms with Gasteiger partial charge in [-0.05, 0) is 58.8 Å². The summed E-state index contributed by atoms with van der Waals surface area (Å²) in [6.07, 6.45) is 0.299. The van der Waals surface area contributed by atoms with Crippen LogP contribution < -0.4 is 0 Å². The zero-order valence-corrected chi connectivity index (χ0v) is 18.8. The van der Waals surface area contributed by atoms with E-state index < -0.39 is 26.6 Å². The topological polar surface area (TPSA) is 90.1 Å². The van der Waals surface area contributed by atoms with Crippen LogP contribution in [-0.2, 0) is 26.1 Å². The molecule has 156 valence electrons. The molecule has 0 radical (unpaired) electrons. The molecule has 1 heterocycles. The average Bonchev–Trinajstić information content (AvgIpc) is 3.39. The number of carbonyl (C=O) groups is 1. The molecule has 0 aliphatic heterocycles. The summed E-state index contributed by atoms with van der Waals surface area (Å²) < 4.78 is 49.8. The van der Waals surface area contributed by atoms with Gasteiger partial charge in [0.1, 0.15) is 5.78 Å². The number of Topliss-reactive ketones (excluding diaryl/α,β-unsaturated/α-hetero) is 1. The first-order valence-electron chi connectivity index (χ1n) is 9.38. The van der Waals surface area contributed by atoms with Gasteiger partial charge in [0.05, 0.1) is 11.3 Å². The van der Waals surface area contributed by atoms with Crippen molar-refractivity contribution in [1.82, 2.24) is 10.2 Å². The van der Waals surface area contributed by atoms with Gasteiger partial charge >= 0.3 is 0 Å². The van der Waals surface area contributed by atoms with Gasteiger partial charge in [-0.1, -0.05) is 30.3 Å². The van der Waals surface area contributed by atoms with Gasteiger partial charge in [-0.3, -0.25) is 4.79 Å². The van der Waals surface area contributed by atoms with E-state index in [-0.39, 0.29) is 42.3 Å². The smallest absolute Gasteiger partial charge is 0.294 e. The number of sulfone groups is 1. The number of halogens is 2. The first-order chi connectivity index (χ1) is 14.3.